The van der Waals surface area contributed by atoms with E-state index in [0.29, 0.717) is 6.10 Å². The van der Waals surface area contributed by atoms with Crippen molar-refractivity contribution in [2.24, 2.45) is 0 Å². The third-order valence-corrected chi connectivity index (χ3v) is 3.53. The molecular formula is C15H31NO2. The van der Waals surface area contributed by atoms with E-state index in [9.17, 15) is 0 Å². The minimum absolute atomic E-state index is 0.406. The molecule has 0 N–H and O–H groups in total. The van der Waals surface area contributed by atoms with Gasteiger partial charge in [0.05, 0.1) is 12.7 Å². The molecule has 1 unspecified atom stereocenters. The van der Waals surface area contributed by atoms with Crippen LogP contribution in [0.4, 0.5) is 0 Å². The van der Waals surface area contributed by atoms with Crippen molar-refractivity contribution in [3.63, 3.8) is 0 Å². The van der Waals surface area contributed by atoms with E-state index in [-0.39, 0.29) is 0 Å². The van der Waals surface area contributed by atoms with Crippen LogP contribution in [0.25, 0.3) is 0 Å². The summed E-state index contributed by atoms with van der Waals surface area (Å²) < 4.78 is 11.3. The fourth-order valence-corrected chi connectivity index (χ4v) is 2.41. The van der Waals surface area contributed by atoms with Crippen molar-refractivity contribution < 1.29 is 9.47 Å². The van der Waals surface area contributed by atoms with Crippen molar-refractivity contribution >= 4 is 0 Å². The molecule has 0 saturated carbocycles. The average molecular weight is 257 g/mol. The van der Waals surface area contributed by atoms with E-state index < -0.39 is 0 Å². The number of hydrogen-bond acceptors (Lipinski definition) is 3. The van der Waals surface area contributed by atoms with Crippen LogP contribution in [0.5, 0.6) is 0 Å². The summed E-state index contributed by atoms with van der Waals surface area (Å²) in [5, 5.41) is 0. The molecule has 3 nitrogen and oxygen atoms in total. The van der Waals surface area contributed by atoms with Gasteiger partial charge in [0, 0.05) is 19.8 Å². The molecule has 0 spiro atoms. The lowest BCUT2D eigenvalue weighted by Gasteiger charge is -2.26. The Bertz CT molecular complexity index is 181. The minimum atomic E-state index is 0.406. The van der Waals surface area contributed by atoms with Gasteiger partial charge in [-0.3, -0.25) is 0 Å². The first kappa shape index (κ1) is 15.9. The largest absolute Gasteiger partial charge is 0.380 e. The smallest absolute Gasteiger partial charge is 0.0593 e. The summed E-state index contributed by atoms with van der Waals surface area (Å²) in [5.74, 6) is 0. The average Bonchev–Trinajstić information content (AvgIpc) is 2.39. The summed E-state index contributed by atoms with van der Waals surface area (Å²) in [7, 11) is 0. The minimum Gasteiger partial charge on any atom is -0.380 e. The van der Waals surface area contributed by atoms with Crippen LogP contribution in [-0.4, -0.2) is 50.5 Å². The van der Waals surface area contributed by atoms with Crippen LogP contribution in [-0.2, 0) is 9.47 Å². The normalized spacial score (nSPS) is 19.0. The Morgan fingerprint density at radius 3 is 2.56 bits per heavy atom. The molecule has 0 aromatic carbocycles. The van der Waals surface area contributed by atoms with Gasteiger partial charge in [-0.15, -0.1) is 0 Å². The lowest BCUT2D eigenvalue weighted by Crippen LogP contribution is -2.32. The zero-order chi connectivity index (χ0) is 13.1. The highest BCUT2D eigenvalue weighted by Crippen LogP contribution is 2.07. The first-order valence-corrected chi connectivity index (χ1v) is 7.74. The van der Waals surface area contributed by atoms with Crippen LogP contribution in [0, 0.1) is 0 Å². The highest BCUT2D eigenvalue weighted by molar-refractivity contribution is 4.63. The van der Waals surface area contributed by atoms with Crippen LogP contribution >= 0.6 is 0 Å². The number of likely N-dealkylation sites (tertiary alicyclic amines) is 1. The summed E-state index contributed by atoms with van der Waals surface area (Å²) >= 11 is 0. The molecular weight excluding hydrogens is 226 g/mol. The second-order valence-electron chi connectivity index (χ2n) is 5.34. The third-order valence-electron chi connectivity index (χ3n) is 3.53. The van der Waals surface area contributed by atoms with E-state index in [1.54, 1.807) is 0 Å². The molecule has 3 heteroatoms. The van der Waals surface area contributed by atoms with Gasteiger partial charge in [0.25, 0.3) is 0 Å². The third kappa shape index (κ3) is 8.06. The van der Waals surface area contributed by atoms with Gasteiger partial charge in [-0.25, -0.2) is 0 Å². The van der Waals surface area contributed by atoms with E-state index in [2.05, 4.69) is 18.7 Å². The summed E-state index contributed by atoms with van der Waals surface area (Å²) in [6.45, 7) is 10.5. The van der Waals surface area contributed by atoms with Crippen molar-refractivity contribution in [2.45, 2.75) is 58.5 Å². The predicted molar refractivity (Wildman–Crippen MR) is 76.0 cm³/mol. The maximum atomic E-state index is 5.69. The van der Waals surface area contributed by atoms with Crippen LogP contribution in [0.3, 0.4) is 0 Å². The molecule has 18 heavy (non-hydrogen) atoms. The van der Waals surface area contributed by atoms with Crippen molar-refractivity contribution in [3.8, 4) is 0 Å². The number of piperidine rings is 1. The van der Waals surface area contributed by atoms with E-state index >= 15 is 0 Å². The van der Waals surface area contributed by atoms with Gasteiger partial charge in [0.2, 0.25) is 0 Å². The summed E-state index contributed by atoms with van der Waals surface area (Å²) in [4.78, 5) is 2.52. The highest BCUT2D eigenvalue weighted by Gasteiger charge is 2.08. The molecule has 1 rings (SSSR count). The molecule has 0 aliphatic carbocycles. The lowest BCUT2D eigenvalue weighted by molar-refractivity contribution is 0.0337. The van der Waals surface area contributed by atoms with Gasteiger partial charge < -0.3 is 14.4 Å². The van der Waals surface area contributed by atoms with Crippen molar-refractivity contribution in [3.05, 3.63) is 0 Å². The number of rotatable bonds is 10. The highest BCUT2D eigenvalue weighted by atomic mass is 16.5. The van der Waals surface area contributed by atoms with Gasteiger partial charge in [0.1, 0.15) is 0 Å². The molecule has 0 aromatic rings. The Kier molecular flexibility index (Phi) is 9.54. The molecule has 1 fully saturated rings. The molecule has 1 heterocycles. The molecule has 0 aromatic heterocycles. The Hall–Kier alpha value is -0.120. The topological polar surface area (TPSA) is 21.7 Å². The van der Waals surface area contributed by atoms with Gasteiger partial charge in [-0.2, -0.15) is 0 Å². The zero-order valence-corrected chi connectivity index (χ0v) is 12.3. The molecule has 0 bridgehead atoms. The van der Waals surface area contributed by atoms with Crippen LogP contribution in [0.1, 0.15) is 52.4 Å². The Balaban J connectivity index is 1.80. The number of nitrogens with zero attached hydrogens (tertiary/aromatic N) is 1. The Morgan fingerprint density at radius 1 is 1.06 bits per heavy atom. The second kappa shape index (κ2) is 10.8. The molecule has 1 saturated heterocycles. The molecule has 108 valence electrons. The van der Waals surface area contributed by atoms with Crippen molar-refractivity contribution in [1.29, 1.82) is 0 Å². The molecule has 0 amide bonds. The van der Waals surface area contributed by atoms with Crippen LogP contribution < -0.4 is 0 Å². The molecule has 0 radical (unpaired) electrons. The van der Waals surface area contributed by atoms with E-state index in [0.717, 1.165) is 39.2 Å². The SMILES string of the molecule is CCCC(C)OCCCOCCN1CCCCC1. The fourth-order valence-electron chi connectivity index (χ4n) is 2.41. The maximum absolute atomic E-state index is 5.69. The van der Waals surface area contributed by atoms with Gasteiger partial charge in [0.15, 0.2) is 0 Å². The summed E-state index contributed by atoms with van der Waals surface area (Å²) in [5.41, 5.74) is 0. The standard InChI is InChI=1S/C15H31NO2/c1-3-8-15(2)18-13-7-12-17-14-11-16-9-5-4-6-10-16/h15H,3-14H2,1-2H3. The van der Waals surface area contributed by atoms with Crippen LogP contribution in [0.2, 0.25) is 0 Å². The first-order chi connectivity index (χ1) is 8.83. The van der Waals surface area contributed by atoms with Crippen molar-refractivity contribution in [1.82, 2.24) is 4.90 Å². The summed E-state index contributed by atoms with van der Waals surface area (Å²) in [6, 6.07) is 0. The molecule has 1 aliphatic rings. The fraction of sp³-hybridized carbons (Fsp3) is 1.00. The first-order valence-electron chi connectivity index (χ1n) is 7.74. The van der Waals surface area contributed by atoms with E-state index in [4.69, 9.17) is 9.47 Å². The van der Waals surface area contributed by atoms with Gasteiger partial charge in [-0.05, 0) is 45.7 Å². The van der Waals surface area contributed by atoms with E-state index in [1.807, 2.05) is 0 Å². The monoisotopic (exact) mass is 257 g/mol. The number of hydrogen-bond donors (Lipinski definition) is 0. The molecule has 1 atom stereocenters. The van der Waals surface area contributed by atoms with Gasteiger partial charge in [-0.1, -0.05) is 19.8 Å². The predicted octanol–water partition coefficient (Wildman–Crippen LogP) is 3.08. The lowest BCUT2D eigenvalue weighted by atomic mass is 10.1. The Morgan fingerprint density at radius 2 is 1.83 bits per heavy atom. The number of ether oxygens (including phenoxy) is 2. The zero-order valence-electron chi connectivity index (χ0n) is 12.3. The van der Waals surface area contributed by atoms with Gasteiger partial charge >= 0.3 is 0 Å². The van der Waals surface area contributed by atoms with Crippen LogP contribution in [0.15, 0.2) is 0 Å². The van der Waals surface area contributed by atoms with E-state index in [1.165, 1.54) is 38.8 Å². The second-order valence-corrected chi connectivity index (χ2v) is 5.34. The molecule has 1 aliphatic heterocycles. The maximum Gasteiger partial charge on any atom is 0.0593 e. The quantitative estimate of drug-likeness (QED) is 0.561. The Labute approximate surface area is 113 Å². The van der Waals surface area contributed by atoms with Crippen molar-refractivity contribution in [2.75, 3.05) is 39.5 Å². The summed E-state index contributed by atoms with van der Waals surface area (Å²) in [6.07, 6.45) is 7.93.